The fourth-order valence-corrected chi connectivity index (χ4v) is 9.23. The highest BCUT2D eigenvalue weighted by atomic mass is 32.1. The fourth-order valence-electron chi connectivity index (χ4n) is 7.87. The quantitative estimate of drug-likeness (QED) is 0.167. The van der Waals surface area contributed by atoms with Crippen LogP contribution in [-0.2, 0) is 0 Å². The van der Waals surface area contributed by atoms with Crippen molar-refractivity contribution in [1.29, 1.82) is 0 Å². The molecule has 0 bridgehead atoms. The maximum Gasteiger partial charge on any atom is 0.257 e. The van der Waals surface area contributed by atoms with Crippen molar-refractivity contribution in [2.45, 2.75) is 37.1 Å². The summed E-state index contributed by atoms with van der Waals surface area (Å²) in [7, 11) is 2.97. The molecule has 7 heterocycles. The molecule has 2 aromatic carbocycles. The van der Waals surface area contributed by atoms with E-state index in [4.69, 9.17) is 24.4 Å². The predicted molar refractivity (Wildman–Crippen MR) is 218 cm³/mol. The van der Waals surface area contributed by atoms with Gasteiger partial charge in [0.05, 0.1) is 60.2 Å². The zero-order valence-electron chi connectivity index (χ0n) is 30.5. The molecule has 0 fully saturated rings. The van der Waals surface area contributed by atoms with Crippen LogP contribution in [0.1, 0.15) is 79.4 Å². The Hall–Kier alpha value is -5.73. The maximum absolute atomic E-state index is 13.9. The number of ether oxygens (including phenoxy) is 2. The minimum Gasteiger partial charge on any atom is -0.496 e. The van der Waals surface area contributed by atoms with Gasteiger partial charge in [-0.05, 0) is 105 Å². The lowest BCUT2D eigenvalue weighted by atomic mass is 9.95. The number of pyridine rings is 1. The van der Waals surface area contributed by atoms with E-state index in [1.807, 2.05) is 10.8 Å². The van der Waals surface area contributed by atoms with Gasteiger partial charge in [-0.3, -0.25) is 24.6 Å². The molecule has 4 atom stereocenters. The largest absolute Gasteiger partial charge is 0.496 e. The van der Waals surface area contributed by atoms with Gasteiger partial charge in [0, 0.05) is 36.6 Å². The molecule has 11 nitrogen and oxygen atoms in total. The monoisotopic (exact) mass is 783 g/mol. The number of amides is 2. The highest BCUT2D eigenvalue weighted by Crippen LogP contribution is 2.41. The van der Waals surface area contributed by atoms with E-state index in [2.05, 4.69) is 35.0 Å². The summed E-state index contributed by atoms with van der Waals surface area (Å²) in [5.41, 5.74) is 7.53. The van der Waals surface area contributed by atoms with E-state index in [9.17, 15) is 19.8 Å². The van der Waals surface area contributed by atoms with Gasteiger partial charge in [-0.15, -0.1) is 0 Å². The van der Waals surface area contributed by atoms with Crippen LogP contribution in [0.4, 0.5) is 11.4 Å². The van der Waals surface area contributed by atoms with E-state index < -0.39 is 12.2 Å². The second kappa shape index (κ2) is 14.7. The lowest BCUT2D eigenvalue weighted by Gasteiger charge is -2.32. The van der Waals surface area contributed by atoms with E-state index in [1.165, 1.54) is 25.4 Å². The van der Waals surface area contributed by atoms with Gasteiger partial charge in [0.1, 0.15) is 23.7 Å². The molecule has 2 amide bonds. The Bertz CT molecular complexity index is 2310. The van der Waals surface area contributed by atoms with E-state index in [0.29, 0.717) is 71.1 Å². The molecule has 0 saturated carbocycles. The average Bonchev–Trinajstić information content (AvgIpc) is 3.95. The average molecular weight is 784 g/mol. The highest BCUT2D eigenvalue weighted by Gasteiger charge is 2.35. The molecule has 56 heavy (non-hydrogen) atoms. The van der Waals surface area contributed by atoms with Crippen LogP contribution in [0, 0.1) is 0 Å². The molecule has 0 unspecified atom stereocenters. The summed E-state index contributed by atoms with van der Waals surface area (Å²) in [6, 6.07) is 15.3. The van der Waals surface area contributed by atoms with Crippen molar-refractivity contribution in [2.75, 3.05) is 27.3 Å². The van der Waals surface area contributed by atoms with Gasteiger partial charge in [-0.1, -0.05) is 18.2 Å². The molecule has 13 heteroatoms. The Labute approximate surface area is 331 Å². The Morgan fingerprint density at radius 1 is 0.696 bits per heavy atom. The Kier molecular flexibility index (Phi) is 9.46. The van der Waals surface area contributed by atoms with Crippen LogP contribution in [-0.4, -0.2) is 88.6 Å². The second-order valence-corrected chi connectivity index (χ2v) is 15.6. The molecule has 0 spiro atoms. The number of nitrogens with zero attached hydrogens (tertiary/aromatic N) is 5. The first kappa shape index (κ1) is 35.9. The summed E-state index contributed by atoms with van der Waals surface area (Å²) in [4.78, 5) is 45.5. The van der Waals surface area contributed by atoms with Crippen LogP contribution in [0.5, 0.6) is 11.5 Å². The summed E-state index contributed by atoms with van der Waals surface area (Å²) >= 11 is 3.28. The minimum atomic E-state index is -1.29. The molecular formula is C43H37N5O6S2. The van der Waals surface area contributed by atoms with Crippen LogP contribution in [0.2, 0.25) is 0 Å². The fraction of sp³-hybridized carbons (Fsp3) is 0.233. The SMILES string of the molecule is COc1cc2c(cc1[C@H](O)c1cccc([C@@H](O)c3cc4c(cc3OC)C(=O)N3CC=C(c5ccsc5)C[C@H]3C=N4)n1)N=C[C@@H]1CC(c3ccsc3)=CCN1C2=O. The first-order valence-corrected chi connectivity index (χ1v) is 20.1. The number of benzene rings is 2. The number of fused-ring (bicyclic) bond motifs is 4. The van der Waals surface area contributed by atoms with Gasteiger partial charge < -0.3 is 29.5 Å². The van der Waals surface area contributed by atoms with Crippen LogP contribution in [0.25, 0.3) is 11.1 Å². The molecule has 9 rings (SSSR count). The van der Waals surface area contributed by atoms with E-state index in [1.54, 1.807) is 87.4 Å². The number of aliphatic imine (C=N–C) groups is 2. The number of aliphatic hydroxyl groups is 2. The van der Waals surface area contributed by atoms with Gasteiger partial charge in [-0.2, -0.15) is 22.7 Å². The number of methoxy groups -OCH3 is 2. The van der Waals surface area contributed by atoms with Gasteiger partial charge in [0.2, 0.25) is 0 Å². The molecule has 2 N–H and O–H groups in total. The topological polar surface area (TPSA) is 137 Å². The number of hydrogen-bond acceptors (Lipinski definition) is 11. The lowest BCUT2D eigenvalue weighted by molar-refractivity contribution is 0.0740. The van der Waals surface area contributed by atoms with Crippen molar-refractivity contribution in [3.05, 3.63) is 133 Å². The molecule has 4 aliphatic rings. The first-order valence-electron chi connectivity index (χ1n) is 18.2. The summed E-state index contributed by atoms with van der Waals surface area (Å²) in [6.45, 7) is 0.910. The number of carbonyl (C=O) groups excluding carboxylic acids is 2. The lowest BCUT2D eigenvalue weighted by Crippen LogP contribution is -2.43. The van der Waals surface area contributed by atoms with E-state index in [0.717, 1.165) is 11.1 Å². The van der Waals surface area contributed by atoms with Crippen LogP contribution in [0.3, 0.4) is 0 Å². The second-order valence-electron chi connectivity index (χ2n) is 14.0. The Morgan fingerprint density at radius 3 is 1.57 bits per heavy atom. The van der Waals surface area contributed by atoms with Gasteiger partial charge in [-0.25, -0.2) is 0 Å². The number of rotatable bonds is 8. The Morgan fingerprint density at radius 2 is 1.16 bits per heavy atom. The number of carbonyl (C=O) groups is 2. The standard InChI is InChI=1S/C43H37N5O6S2/c1-53-38-18-30-36(44-20-28-14-24(26-8-12-55-22-26)6-10-47(28)42(30)51)16-32(38)40(49)34-4-3-5-35(46-34)41(50)33-17-37-31(19-39(33)54-2)43(52)48-11-7-25(15-29(48)21-45-37)27-9-13-56-23-27/h3-9,12-13,16-23,28-29,40-41,49-50H,10-11,14-15H2,1-2H3/t28-,29-,40-,41-/m0/s1. The third-order valence-electron chi connectivity index (χ3n) is 10.9. The highest BCUT2D eigenvalue weighted by molar-refractivity contribution is 7.08. The zero-order chi connectivity index (χ0) is 38.5. The third-order valence-corrected chi connectivity index (χ3v) is 12.3. The molecular weight excluding hydrogens is 747 g/mol. The van der Waals surface area contributed by atoms with Crippen molar-refractivity contribution >= 4 is 69.4 Å². The smallest absolute Gasteiger partial charge is 0.257 e. The summed E-state index contributed by atoms with van der Waals surface area (Å²) in [5, 5.41) is 31.9. The van der Waals surface area contributed by atoms with Crippen molar-refractivity contribution in [2.24, 2.45) is 9.98 Å². The van der Waals surface area contributed by atoms with Crippen molar-refractivity contribution < 1.29 is 29.3 Å². The summed E-state index contributed by atoms with van der Waals surface area (Å²) in [5.74, 6) is 0.284. The van der Waals surface area contributed by atoms with Crippen molar-refractivity contribution in [1.82, 2.24) is 14.8 Å². The predicted octanol–water partition coefficient (Wildman–Crippen LogP) is 7.41. The van der Waals surface area contributed by atoms with Gasteiger partial charge >= 0.3 is 0 Å². The summed E-state index contributed by atoms with van der Waals surface area (Å²) in [6.07, 6.45) is 6.52. The molecule has 3 aromatic heterocycles. The third kappa shape index (κ3) is 6.36. The molecule has 0 radical (unpaired) electrons. The van der Waals surface area contributed by atoms with Crippen molar-refractivity contribution in [3.63, 3.8) is 0 Å². The zero-order valence-corrected chi connectivity index (χ0v) is 32.2. The van der Waals surface area contributed by atoms with E-state index >= 15 is 0 Å². The number of aliphatic hydroxyl groups excluding tert-OH is 2. The van der Waals surface area contributed by atoms with Crippen LogP contribution in [0.15, 0.2) is 98.3 Å². The van der Waals surface area contributed by atoms with Gasteiger partial charge in [0.25, 0.3) is 11.8 Å². The molecule has 282 valence electrons. The van der Waals surface area contributed by atoms with Gasteiger partial charge in [0.15, 0.2) is 0 Å². The summed E-state index contributed by atoms with van der Waals surface area (Å²) < 4.78 is 11.4. The maximum atomic E-state index is 13.9. The van der Waals surface area contributed by atoms with Crippen LogP contribution >= 0.6 is 22.7 Å². The number of hydrogen-bond donors (Lipinski definition) is 2. The Balaban J connectivity index is 0.993. The normalized spacial score (nSPS) is 19.8. The molecule has 0 aliphatic carbocycles. The molecule has 5 aromatic rings. The van der Waals surface area contributed by atoms with Crippen LogP contribution < -0.4 is 9.47 Å². The number of aromatic nitrogens is 1. The minimum absolute atomic E-state index is 0.165. The van der Waals surface area contributed by atoms with E-state index in [-0.39, 0.29) is 35.3 Å². The molecule has 0 saturated heterocycles. The first-order chi connectivity index (χ1) is 27.3. The van der Waals surface area contributed by atoms with Crippen molar-refractivity contribution in [3.8, 4) is 11.5 Å². The molecule has 4 aliphatic heterocycles. The number of thiophene rings is 2.